The molecule has 1 aliphatic rings. The lowest BCUT2D eigenvalue weighted by molar-refractivity contribution is -0.147. The number of amides is 2. The minimum Gasteiger partial charge on any atom is -0.494 e. The summed E-state index contributed by atoms with van der Waals surface area (Å²) in [5.41, 5.74) is 2.54. The molecule has 2 N–H and O–H groups in total. The van der Waals surface area contributed by atoms with Crippen molar-refractivity contribution in [2.75, 3.05) is 46.1 Å². The van der Waals surface area contributed by atoms with E-state index in [-0.39, 0.29) is 6.54 Å². The highest BCUT2D eigenvalue weighted by Gasteiger charge is 2.14. The quantitative estimate of drug-likeness (QED) is 0.481. The fourth-order valence-electron chi connectivity index (χ4n) is 3.45. The fourth-order valence-corrected chi connectivity index (χ4v) is 3.45. The van der Waals surface area contributed by atoms with Crippen LogP contribution in [0.15, 0.2) is 48.5 Å². The van der Waals surface area contributed by atoms with E-state index in [9.17, 15) is 14.4 Å². The second kappa shape index (κ2) is 13.3. The third kappa shape index (κ3) is 8.17. The Labute approximate surface area is 199 Å². The highest BCUT2D eigenvalue weighted by atomic mass is 16.5. The number of nitrogens with one attached hydrogen (secondary N) is 2. The van der Waals surface area contributed by atoms with Gasteiger partial charge in [0.2, 0.25) is 0 Å². The van der Waals surface area contributed by atoms with Crippen LogP contribution in [0.3, 0.4) is 0 Å². The normalized spacial score (nSPS) is 13.7. The second-order valence-corrected chi connectivity index (χ2v) is 7.73. The zero-order valence-corrected chi connectivity index (χ0v) is 19.4. The highest BCUT2D eigenvalue weighted by molar-refractivity contribution is 5.96. The van der Waals surface area contributed by atoms with Gasteiger partial charge in [0.05, 0.1) is 19.8 Å². The number of hydrogen-bond donors (Lipinski definition) is 2. The minimum absolute atomic E-state index is 0.332. The smallest absolute Gasteiger partial charge is 0.325 e. The lowest BCUT2D eigenvalue weighted by Crippen LogP contribution is -2.36. The van der Waals surface area contributed by atoms with Crippen molar-refractivity contribution in [2.24, 2.45) is 0 Å². The molecule has 0 bridgehead atoms. The van der Waals surface area contributed by atoms with E-state index in [1.165, 1.54) is 0 Å². The lowest BCUT2D eigenvalue weighted by atomic mass is 10.1. The Kier molecular flexibility index (Phi) is 9.87. The van der Waals surface area contributed by atoms with Gasteiger partial charge in [-0.2, -0.15) is 0 Å². The van der Waals surface area contributed by atoms with Gasteiger partial charge in [0.1, 0.15) is 12.3 Å². The van der Waals surface area contributed by atoms with Crippen LogP contribution >= 0.6 is 0 Å². The number of benzene rings is 2. The molecule has 182 valence electrons. The summed E-state index contributed by atoms with van der Waals surface area (Å²) in [4.78, 5) is 38.5. The molecule has 1 fully saturated rings. The first-order valence-electron chi connectivity index (χ1n) is 11.4. The molecular weight excluding hydrogens is 438 g/mol. The lowest BCUT2D eigenvalue weighted by Gasteiger charge is -2.27. The zero-order chi connectivity index (χ0) is 24.2. The van der Waals surface area contributed by atoms with Gasteiger partial charge in [0.15, 0.2) is 6.61 Å². The molecule has 0 aromatic heterocycles. The predicted octanol–water partition coefficient (Wildman–Crippen LogP) is 1.51. The Morgan fingerprint density at radius 1 is 0.971 bits per heavy atom. The van der Waals surface area contributed by atoms with Crippen LogP contribution in [-0.2, 0) is 32.2 Å². The molecule has 0 saturated carbocycles. The molecule has 3 rings (SSSR count). The zero-order valence-electron chi connectivity index (χ0n) is 19.4. The van der Waals surface area contributed by atoms with Crippen LogP contribution in [0, 0.1) is 0 Å². The van der Waals surface area contributed by atoms with E-state index in [0.29, 0.717) is 24.5 Å². The molecule has 9 heteroatoms. The molecule has 1 saturated heterocycles. The van der Waals surface area contributed by atoms with E-state index < -0.39 is 24.4 Å². The molecule has 0 aliphatic carbocycles. The average molecular weight is 470 g/mol. The molecule has 2 aromatic rings. The van der Waals surface area contributed by atoms with Crippen molar-refractivity contribution in [1.82, 2.24) is 15.5 Å². The Morgan fingerprint density at radius 2 is 1.68 bits per heavy atom. The van der Waals surface area contributed by atoms with Crippen molar-refractivity contribution in [3.8, 4) is 5.75 Å². The third-order valence-corrected chi connectivity index (χ3v) is 5.28. The molecule has 1 heterocycles. The molecule has 34 heavy (non-hydrogen) atoms. The first kappa shape index (κ1) is 25.2. The van der Waals surface area contributed by atoms with Crippen molar-refractivity contribution in [3.63, 3.8) is 0 Å². The number of rotatable bonds is 11. The summed E-state index contributed by atoms with van der Waals surface area (Å²) in [6, 6.07) is 14.5. The molecule has 1 aliphatic heterocycles. The maximum atomic E-state index is 12.2. The first-order chi connectivity index (χ1) is 16.5. The second-order valence-electron chi connectivity index (χ2n) is 7.73. The molecule has 9 nitrogen and oxygen atoms in total. The summed E-state index contributed by atoms with van der Waals surface area (Å²) in [7, 11) is 0. The van der Waals surface area contributed by atoms with E-state index in [2.05, 4.69) is 15.5 Å². The molecule has 2 aromatic carbocycles. The minimum atomic E-state index is -0.692. The van der Waals surface area contributed by atoms with Crippen molar-refractivity contribution in [3.05, 3.63) is 65.2 Å². The molecule has 0 radical (unpaired) electrons. The number of ether oxygens (including phenoxy) is 3. The van der Waals surface area contributed by atoms with Gasteiger partial charge in [-0.25, -0.2) is 0 Å². The number of carbonyl (C=O) groups excluding carboxylic acids is 3. The van der Waals surface area contributed by atoms with Gasteiger partial charge in [0, 0.05) is 31.7 Å². The van der Waals surface area contributed by atoms with Crippen molar-refractivity contribution in [2.45, 2.75) is 20.0 Å². The van der Waals surface area contributed by atoms with Crippen molar-refractivity contribution in [1.29, 1.82) is 0 Å². The summed E-state index contributed by atoms with van der Waals surface area (Å²) < 4.78 is 15.7. The highest BCUT2D eigenvalue weighted by Crippen LogP contribution is 2.13. The van der Waals surface area contributed by atoms with Crippen LogP contribution in [0.1, 0.15) is 28.4 Å². The van der Waals surface area contributed by atoms with Crippen LogP contribution < -0.4 is 15.4 Å². The van der Waals surface area contributed by atoms with E-state index in [1.54, 1.807) is 24.3 Å². The maximum Gasteiger partial charge on any atom is 0.325 e. The number of morpholine rings is 1. The largest absolute Gasteiger partial charge is 0.494 e. The molecule has 2 amide bonds. The Morgan fingerprint density at radius 3 is 2.38 bits per heavy atom. The van der Waals surface area contributed by atoms with Gasteiger partial charge in [-0.3, -0.25) is 19.3 Å². The van der Waals surface area contributed by atoms with E-state index in [4.69, 9.17) is 14.2 Å². The summed E-state index contributed by atoms with van der Waals surface area (Å²) in [6.45, 7) is 6.01. The number of esters is 1. The monoisotopic (exact) mass is 469 g/mol. The summed E-state index contributed by atoms with van der Waals surface area (Å²) in [5, 5.41) is 5.26. The van der Waals surface area contributed by atoms with Crippen LogP contribution in [0.25, 0.3) is 0 Å². The van der Waals surface area contributed by atoms with Crippen LogP contribution in [-0.4, -0.2) is 68.7 Å². The number of carbonyl (C=O) groups is 3. The van der Waals surface area contributed by atoms with E-state index >= 15 is 0 Å². The van der Waals surface area contributed by atoms with Crippen LogP contribution in [0.2, 0.25) is 0 Å². The predicted molar refractivity (Wildman–Crippen MR) is 125 cm³/mol. The van der Waals surface area contributed by atoms with Gasteiger partial charge in [-0.1, -0.05) is 24.3 Å². The third-order valence-electron chi connectivity index (χ3n) is 5.28. The fraction of sp³-hybridized carbons (Fsp3) is 0.400. The Balaban J connectivity index is 1.37. The molecule has 0 atom stereocenters. The molecule has 0 unspecified atom stereocenters. The van der Waals surface area contributed by atoms with Crippen LogP contribution in [0.4, 0.5) is 0 Å². The van der Waals surface area contributed by atoms with E-state index in [0.717, 1.165) is 44.0 Å². The summed E-state index contributed by atoms with van der Waals surface area (Å²) >= 11 is 0. The summed E-state index contributed by atoms with van der Waals surface area (Å²) in [6.07, 6.45) is 0. The Bertz CT molecular complexity index is 957. The average Bonchev–Trinajstić information content (AvgIpc) is 2.87. The van der Waals surface area contributed by atoms with Crippen molar-refractivity contribution >= 4 is 17.8 Å². The number of hydrogen-bond acceptors (Lipinski definition) is 7. The Hall–Kier alpha value is -3.43. The topological polar surface area (TPSA) is 106 Å². The van der Waals surface area contributed by atoms with Gasteiger partial charge in [-0.05, 0) is 42.3 Å². The first-order valence-corrected chi connectivity index (χ1v) is 11.4. The van der Waals surface area contributed by atoms with E-state index in [1.807, 2.05) is 31.2 Å². The molecular formula is C25H31N3O6. The van der Waals surface area contributed by atoms with Gasteiger partial charge in [-0.15, -0.1) is 0 Å². The summed E-state index contributed by atoms with van der Waals surface area (Å²) in [5.74, 6) is -0.857. The van der Waals surface area contributed by atoms with Crippen molar-refractivity contribution < 1.29 is 28.6 Å². The number of nitrogens with zero attached hydrogens (tertiary/aromatic N) is 1. The van der Waals surface area contributed by atoms with Gasteiger partial charge in [0.25, 0.3) is 11.8 Å². The molecule has 0 spiro atoms. The van der Waals surface area contributed by atoms with Gasteiger partial charge < -0.3 is 24.8 Å². The standard InChI is InChI=1S/C25H31N3O6/c1-2-33-22-9-7-19(8-10-22)25(31)27-16-24(30)34-18-23(29)26-15-20-5-3-4-6-21(20)17-28-11-13-32-14-12-28/h3-10H,2,11-18H2,1H3,(H,26,29)(H,27,31). The van der Waals surface area contributed by atoms with Crippen LogP contribution in [0.5, 0.6) is 5.75 Å². The van der Waals surface area contributed by atoms with Gasteiger partial charge >= 0.3 is 5.97 Å². The SMILES string of the molecule is CCOc1ccc(C(=O)NCC(=O)OCC(=O)NCc2ccccc2CN2CCOCC2)cc1. The maximum absolute atomic E-state index is 12.2.